The average Bonchev–Trinajstić information content (AvgIpc) is 2.32. The van der Waals surface area contributed by atoms with Gasteiger partial charge in [-0.15, -0.1) is 12.4 Å². The number of nitrogens with two attached hydrogens (primary N) is 1. The van der Waals surface area contributed by atoms with E-state index < -0.39 is 17.9 Å². The van der Waals surface area contributed by atoms with E-state index in [2.05, 4.69) is 5.32 Å². The maximum atomic E-state index is 11.3. The zero-order valence-electron chi connectivity index (χ0n) is 11.3. The summed E-state index contributed by atoms with van der Waals surface area (Å²) in [6, 6.07) is 2.64. The van der Waals surface area contributed by atoms with Crippen molar-refractivity contribution in [2.45, 2.75) is 26.3 Å². The standard InChI is InChI=1S/C13H18N2O4.ClH/c1-7-3-8(2)13(19)9(4-7)10(5-12(17)18)15-11(16)6-14;/h3-4,10,19H,5-6,14H2,1-2H3,(H,15,16)(H,17,18);1H/t10-;/m1./s1. The van der Waals surface area contributed by atoms with Gasteiger partial charge in [0.2, 0.25) is 5.91 Å². The molecule has 6 nitrogen and oxygen atoms in total. The summed E-state index contributed by atoms with van der Waals surface area (Å²) in [5, 5.41) is 21.4. The van der Waals surface area contributed by atoms with Crippen LogP contribution in [0.5, 0.6) is 5.75 Å². The lowest BCUT2D eigenvalue weighted by atomic mass is 9.97. The van der Waals surface area contributed by atoms with E-state index in [0.29, 0.717) is 11.1 Å². The third-order valence-electron chi connectivity index (χ3n) is 2.75. The molecular weight excluding hydrogens is 284 g/mol. The Morgan fingerprint density at radius 3 is 2.45 bits per heavy atom. The van der Waals surface area contributed by atoms with Crippen molar-refractivity contribution in [2.24, 2.45) is 5.73 Å². The summed E-state index contributed by atoms with van der Waals surface area (Å²) in [6.07, 6.45) is -0.317. The van der Waals surface area contributed by atoms with Crippen molar-refractivity contribution >= 4 is 24.3 Å². The molecule has 1 atom stereocenters. The highest BCUT2D eigenvalue weighted by atomic mass is 35.5. The Kier molecular flexibility index (Phi) is 7.02. The molecule has 1 aromatic carbocycles. The molecule has 1 rings (SSSR count). The predicted molar refractivity (Wildman–Crippen MR) is 77.0 cm³/mol. The Hall–Kier alpha value is -1.79. The summed E-state index contributed by atoms with van der Waals surface area (Å²) in [7, 11) is 0. The Morgan fingerprint density at radius 2 is 1.95 bits per heavy atom. The van der Waals surface area contributed by atoms with Crippen LogP contribution in [0, 0.1) is 13.8 Å². The molecule has 0 aromatic heterocycles. The Bertz CT molecular complexity index is 505. The van der Waals surface area contributed by atoms with Gasteiger partial charge in [0.05, 0.1) is 19.0 Å². The second-order valence-corrected chi connectivity index (χ2v) is 4.44. The number of carbonyl (C=O) groups excluding carboxylic acids is 1. The minimum Gasteiger partial charge on any atom is -0.507 e. The number of carboxylic acid groups (broad SMARTS) is 1. The van der Waals surface area contributed by atoms with E-state index in [-0.39, 0.29) is 31.1 Å². The maximum Gasteiger partial charge on any atom is 0.305 e. The number of carbonyl (C=O) groups is 2. The van der Waals surface area contributed by atoms with Gasteiger partial charge in [-0.3, -0.25) is 9.59 Å². The molecule has 0 heterocycles. The summed E-state index contributed by atoms with van der Waals surface area (Å²) in [6.45, 7) is 3.31. The fourth-order valence-corrected chi connectivity index (χ4v) is 1.93. The fourth-order valence-electron chi connectivity index (χ4n) is 1.93. The Balaban J connectivity index is 0.00000361. The van der Waals surface area contributed by atoms with Crippen LogP contribution in [0.2, 0.25) is 0 Å². The lowest BCUT2D eigenvalue weighted by Crippen LogP contribution is -2.34. The third-order valence-corrected chi connectivity index (χ3v) is 2.75. The largest absolute Gasteiger partial charge is 0.507 e. The van der Waals surface area contributed by atoms with Gasteiger partial charge in [-0.25, -0.2) is 0 Å². The van der Waals surface area contributed by atoms with Gasteiger partial charge in [-0.1, -0.05) is 17.7 Å². The number of carboxylic acids is 1. The molecule has 0 bridgehead atoms. The van der Waals surface area contributed by atoms with Crippen LogP contribution < -0.4 is 11.1 Å². The van der Waals surface area contributed by atoms with Crippen molar-refractivity contribution in [1.82, 2.24) is 5.32 Å². The van der Waals surface area contributed by atoms with Gasteiger partial charge >= 0.3 is 5.97 Å². The van der Waals surface area contributed by atoms with Gasteiger partial charge in [0.25, 0.3) is 0 Å². The van der Waals surface area contributed by atoms with Gasteiger partial charge in [-0.05, 0) is 19.4 Å². The van der Waals surface area contributed by atoms with Crippen molar-refractivity contribution in [2.75, 3.05) is 6.54 Å². The molecule has 1 amide bonds. The predicted octanol–water partition coefficient (Wildman–Crippen LogP) is 1.02. The quantitative estimate of drug-likeness (QED) is 0.648. The van der Waals surface area contributed by atoms with E-state index >= 15 is 0 Å². The van der Waals surface area contributed by atoms with Crippen molar-refractivity contribution in [3.8, 4) is 5.75 Å². The molecule has 0 aliphatic heterocycles. The molecule has 0 radical (unpaired) electrons. The number of nitrogens with one attached hydrogen (secondary N) is 1. The van der Waals surface area contributed by atoms with Crippen molar-refractivity contribution in [3.05, 3.63) is 28.8 Å². The number of rotatable bonds is 5. The highest BCUT2D eigenvalue weighted by Gasteiger charge is 2.21. The van der Waals surface area contributed by atoms with E-state index in [1.807, 2.05) is 6.92 Å². The molecule has 1 aromatic rings. The first kappa shape index (κ1) is 18.2. The third kappa shape index (κ3) is 4.71. The van der Waals surface area contributed by atoms with E-state index in [9.17, 15) is 14.7 Å². The molecular formula is C13H19ClN2O4. The summed E-state index contributed by atoms with van der Waals surface area (Å²) < 4.78 is 0. The zero-order valence-corrected chi connectivity index (χ0v) is 12.2. The van der Waals surface area contributed by atoms with Crippen LogP contribution >= 0.6 is 12.4 Å². The number of aryl methyl sites for hydroxylation is 2. The number of phenols is 1. The molecule has 0 fully saturated rings. The first-order valence-electron chi connectivity index (χ1n) is 5.86. The lowest BCUT2D eigenvalue weighted by molar-refractivity contribution is -0.137. The highest BCUT2D eigenvalue weighted by molar-refractivity contribution is 5.85. The van der Waals surface area contributed by atoms with E-state index in [0.717, 1.165) is 5.56 Å². The minimum absolute atomic E-state index is 0. The summed E-state index contributed by atoms with van der Waals surface area (Å²) >= 11 is 0. The zero-order chi connectivity index (χ0) is 14.6. The number of aromatic hydroxyl groups is 1. The van der Waals surface area contributed by atoms with Crippen LogP contribution in [0.15, 0.2) is 12.1 Å². The van der Waals surface area contributed by atoms with Crippen LogP contribution in [0.3, 0.4) is 0 Å². The van der Waals surface area contributed by atoms with Crippen LogP contribution in [0.1, 0.15) is 29.2 Å². The van der Waals surface area contributed by atoms with Crippen molar-refractivity contribution < 1.29 is 19.8 Å². The van der Waals surface area contributed by atoms with Gasteiger partial charge in [0.1, 0.15) is 5.75 Å². The molecule has 0 aliphatic rings. The topological polar surface area (TPSA) is 113 Å². The molecule has 0 saturated heterocycles. The smallest absolute Gasteiger partial charge is 0.305 e. The van der Waals surface area contributed by atoms with Crippen LogP contribution in [-0.4, -0.2) is 28.6 Å². The maximum absolute atomic E-state index is 11.3. The number of benzene rings is 1. The SMILES string of the molecule is Cc1cc(C)c(O)c([C@@H](CC(=O)O)NC(=O)CN)c1.Cl. The van der Waals surface area contributed by atoms with Crippen molar-refractivity contribution in [3.63, 3.8) is 0 Å². The minimum atomic E-state index is -1.07. The second-order valence-electron chi connectivity index (χ2n) is 4.44. The molecule has 0 aliphatic carbocycles. The molecule has 0 unspecified atom stereocenters. The molecule has 5 N–H and O–H groups in total. The van der Waals surface area contributed by atoms with Crippen LogP contribution in [-0.2, 0) is 9.59 Å². The number of hydrogen-bond donors (Lipinski definition) is 4. The summed E-state index contributed by atoms with van der Waals surface area (Å²) in [5.74, 6) is -1.54. The van der Waals surface area contributed by atoms with E-state index in [1.165, 1.54) is 0 Å². The van der Waals surface area contributed by atoms with Gasteiger partial charge in [0, 0.05) is 5.56 Å². The number of phenolic OH excluding ortho intramolecular Hbond substituents is 1. The van der Waals surface area contributed by atoms with Crippen LogP contribution in [0.25, 0.3) is 0 Å². The number of hydrogen-bond acceptors (Lipinski definition) is 4. The Labute approximate surface area is 123 Å². The molecule has 20 heavy (non-hydrogen) atoms. The van der Waals surface area contributed by atoms with Crippen molar-refractivity contribution in [1.29, 1.82) is 0 Å². The van der Waals surface area contributed by atoms with Gasteiger partial charge in [0.15, 0.2) is 0 Å². The first-order valence-corrected chi connectivity index (χ1v) is 5.86. The lowest BCUT2D eigenvalue weighted by Gasteiger charge is -2.19. The fraction of sp³-hybridized carbons (Fsp3) is 0.385. The average molecular weight is 303 g/mol. The normalized spacial score (nSPS) is 11.3. The first-order chi connectivity index (χ1) is 8.85. The van der Waals surface area contributed by atoms with Crippen LogP contribution in [0.4, 0.5) is 0 Å². The monoisotopic (exact) mass is 302 g/mol. The van der Waals surface area contributed by atoms with E-state index in [1.54, 1.807) is 19.1 Å². The molecule has 0 spiro atoms. The number of aliphatic carboxylic acids is 1. The van der Waals surface area contributed by atoms with Gasteiger partial charge in [-0.2, -0.15) is 0 Å². The number of halogens is 1. The highest BCUT2D eigenvalue weighted by Crippen LogP contribution is 2.30. The van der Waals surface area contributed by atoms with Gasteiger partial charge < -0.3 is 21.3 Å². The molecule has 0 saturated carbocycles. The number of amides is 1. The van der Waals surface area contributed by atoms with E-state index in [4.69, 9.17) is 10.8 Å². The molecule has 112 valence electrons. The second kappa shape index (κ2) is 7.72. The molecule has 7 heteroatoms. The summed E-state index contributed by atoms with van der Waals surface area (Å²) in [5.41, 5.74) is 7.10. The summed E-state index contributed by atoms with van der Waals surface area (Å²) in [4.78, 5) is 22.2. The Morgan fingerprint density at radius 1 is 1.35 bits per heavy atom.